The van der Waals surface area contributed by atoms with Crippen molar-refractivity contribution in [2.75, 3.05) is 39.8 Å². The predicted molar refractivity (Wildman–Crippen MR) is 101 cm³/mol. The number of rotatable bonds is 6. The maximum atomic E-state index is 13.0. The molecule has 0 aliphatic carbocycles. The first-order valence-corrected chi connectivity index (χ1v) is 9.15. The average molecular weight is 358 g/mol. The van der Waals surface area contributed by atoms with Gasteiger partial charge in [0.05, 0.1) is 13.2 Å². The van der Waals surface area contributed by atoms with Crippen LogP contribution in [0.2, 0.25) is 0 Å². The van der Waals surface area contributed by atoms with Crippen LogP contribution in [0, 0.1) is 5.82 Å². The van der Waals surface area contributed by atoms with E-state index < -0.39 is 6.10 Å². The van der Waals surface area contributed by atoms with Crippen LogP contribution >= 0.6 is 0 Å². The summed E-state index contributed by atoms with van der Waals surface area (Å²) in [6, 6.07) is 14.3. The minimum absolute atomic E-state index is 0.273. The van der Waals surface area contributed by atoms with Crippen molar-refractivity contribution in [3.05, 3.63) is 65.5 Å². The van der Waals surface area contributed by atoms with Gasteiger partial charge in [0.2, 0.25) is 0 Å². The molecule has 0 bridgehead atoms. The van der Waals surface area contributed by atoms with Crippen LogP contribution in [0.4, 0.5) is 4.39 Å². The van der Waals surface area contributed by atoms with Crippen molar-refractivity contribution in [1.29, 1.82) is 0 Å². The van der Waals surface area contributed by atoms with Gasteiger partial charge in [-0.3, -0.25) is 9.80 Å². The number of halogens is 1. The molecule has 0 saturated carbocycles. The number of benzene rings is 2. The highest BCUT2D eigenvalue weighted by Gasteiger charge is 2.18. The fraction of sp³-hybridized carbons (Fsp3) is 0.429. The molecule has 2 aromatic rings. The Morgan fingerprint density at radius 2 is 1.62 bits per heavy atom. The Hall–Kier alpha value is -1.95. The summed E-state index contributed by atoms with van der Waals surface area (Å²) in [5.41, 5.74) is 2.05. The highest BCUT2D eigenvalue weighted by atomic mass is 19.1. The van der Waals surface area contributed by atoms with Gasteiger partial charge in [0, 0.05) is 26.2 Å². The molecule has 3 rings (SSSR count). The van der Waals surface area contributed by atoms with Crippen molar-refractivity contribution in [1.82, 2.24) is 9.80 Å². The standard InChI is InChI=1S/C21H27FN2O2/c1-26-20-9-3-17(4-10-20)15-23-11-2-12-24(14-13-23)16-21(25)18-5-7-19(22)8-6-18/h3-10,21,25H,2,11-16H2,1H3/t21-/m1/s1. The molecule has 1 heterocycles. The fourth-order valence-electron chi connectivity index (χ4n) is 3.39. The zero-order valence-corrected chi connectivity index (χ0v) is 15.3. The second-order valence-electron chi connectivity index (χ2n) is 6.85. The van der Waals surface area contributed by atoms with Gasteiger partial charge in [0.1, 0.15) is 11.6 Å². The predicted octanol–water partition coefficient (Wildman–Crippen LogP) is 3.08. The van der Waals surface area contributed by atoms with Crippen LogP contribution in [0.1, 0.15) is 23.7 Å². The van der Waals surface area contributed by atoms with Crippen molar-refractivity contribution in [2.24, 2.45) is 0 Å². The number of hydrogen-bond donors (Lipinski definition) is 1. The van der Waals surface area contributed by atoms with Crippen molar-refractivity contribution in [3.63, 3.8) is 0 Å². The molecule has 0 spiro atoms. The van der Waals surface area contributed by atoms with Crippen LogP contribution in [-0.2, 0) is 6.54 Å². The first kappa shape index (κ1) is 18.8. The van der Waals surface area contributed by atoms with Gasteiger partial charge in [-0.15, -0.1) is 0 Å². The third-order valence-electron chi connectivity index (χ3n) is 4.93. The minimum Gasteiger partial charge on any atom is -0.497 e. The molecule has 0 radical (unpaired) electrons. The van der Waals surface area contributed by atoms with Crippen molar-refractivity contribution < 1.29 is 14.2 Å². The molecule has 1 fully saturated rings. The number of nitrogens with zero attached hydrogens (tertiary/aromatic N) is 2. The summed E-state index contributed by atoms with van der Waals surface area (Å²) < 4.78 is 18.2. The number of aliphatic hydroxyl groups excluding tert-OH is 1. The normalized spacial score (nSPS) is 17.7. The van der Waals surface area contributed by atoms with E-state index in [0.29, 0.717) is 6.54 Å². The zero-order chi connectivity index (χ0) is 18.4. The number of hydrogen-bond acceptors (Lipinski definition) is 4. The van der Waals surface area contributed by atoms with Crippen LogP contribution in [-0.4, -0.2) is 54.7 Å². The summed E-state index contributed by atoms with van der Waals surface area (Å²) in [7, 11) is 1.68. The molecule has 0 unspecified atom stereocenters. The quantitative estimate of drug-likeness (QED) is 0.861. The van der Waals surface area contributed by atoms with E-state index in [4.69, 9.17) is 4.74 Å². The molecule has 1 aliphatic heterocycles. The van der Waals surface area contributed by atoms with Crippen LogP contribution in [0.3, 0.4) is 0 Å². The molecule has 4 nitrogen and oxygen atoms in total. The molecule has 2 aromatic carbocycles. The summed E-state index contributed by atoms with van der Waals surface area (Å²) in [6.07, 6.45) is 0.496. The number of aliphatic hydroxyl groups is 1. The SMILES string of the molecule is COc1ccc(CN2CCCN(C[C@@H](O)c3ccc(F)cc3)CC2)cc1. The third-order valence-corrected chi connectivity index (χ3v) is 4.93. The van der Waals surface area contributed by atoms with Gasteiger partial charge >= 0.3 is 0 Å². The molecular formula is C21H27FN2O2. The lowest BCUT2D eigenvalue weighted by atomic mass is 10.1. The average Bonchev–Trinajstić information content (AvgIpc) is 2.88. The van der Waals surface area contributed by atoms with E-state index >= 15 is 0 Å². The van der Waals surface area contributed by atoms with Crippen LogP contribution in [0.25, 0.3) is 0 Å². The lowest BCUT2D eigenvalue weighted by Crippen LogP contribution is -2.33. The molecule has 1 saturated heterocycles. The molecule has 0 aromatic heterocycles. The van der Waals surface area contributed by atoms with E-state index in [2.05, 4.69) is 21.9 Å². The van der Waals surface area contributed by atoms with Gasteiger partial charge in [-0.05, 0) is 54.9 Å². The molecular weight excluding hydrogens is 331 g/mol. The van der Waals surface area contributed by atoms with Gasteiger partial charge in [-0.1, -0.05) is 24.3 Å². The van der Waals surface area contributed by atoms with Crippen molar-refractivity contribution in [2.45, 2.75) is 19.1 Å². The van der Waals surface area contributed by atoms with Crippen LogP contribution in [0.15, 0.2) is 48.5 Å². The first-order chi connectivity index (χ1) is 12.6. The van der Waals surface area contributed by atoms with Gasteiger partial charge in [-0.25, -0.2) is 4.39 Å². The maximum absolute atomic E-state index is 13.0. The lowest BCUT2D eigenvalue weighted by Gasteiger charge is -2.24. The highest BCUT2D eigenvalue weighted by molar-refractivity contribution is 5.27. The first-order valence-electron chi connectivity index (χ1n) is 9.15. The Bertz CT molecular complexity index is 675. The largest absolute Gasteiger partial charge is 0.497 e. The Morgan fingerprint density at radius 3 is 2.31 bits per heavy atom. The smallest absolute Gasteiger partial charge is 0.123 e. The lowest BCUT2D eigenvalue weighted by molar-refractivity contribution is 0.114. The van der Waals surface area contributed by atoms with E-state index in [1.165, 1.54) is 17.7 Å². The summed E-state index contributed by atoms with van der Waals surface area (Å²) in [6.45, 7) is 5.43. The molecule has 1 aliphatic rings. The summed E-state index contributed by atoms with van der Waals surface area (Å²) in [5.74, 6) is 0.607. The Kier molecular flexibility index (Phi) is 6.61. The van der Waals surface area contributed by atoms with E-state index in [9.17, 15) is 9.50 Å². The van der Waals surface area contributed by atoms with Gasteiger partial charge < -0.3 is 9.84 Å². The number of methoxy groups -OCH3 is 1. The summed E-state index contributed by atoms with van der Waals surface area (Å²) >= 11 is 0. The minimum atomic E-state index is -0.580. The van der Waals surface area contributed by atoms with Gasteiger partial charge in [0.25, 0.3) is 0 Å². The Balaban J connectivity index is 1.50. The second-order valence-corrected chi connectivity index (χ2v) is 6.85. The van der Waals surface area contributed by atoms with E-state index in [-0.39, 0.29) is 5.82 Å². The second kappa shape index (κ2) is 9.12. The number of ether oxygens (including phenoxy) is 1. The molecule has 5 heteroatoms. The van der Waals surface area contributed by atoms with Crippen molar-refractivity contribution in [3.8, 4) is 5.75 Å². The van der Waals surface area contributed by atoms with Crippen LogP contribution in [0.5, 0.6) is 5.75 Å². The molecule has 1 N–H and O–H groups in total. The molecule has 0 amide bonds. The van der Waals surface area contributed by atoms with Crippen LogP contribution < -0.4 is 4.74 Å². The summed E-state index contributed by atoms with van der Waals surface area (Å²) in [4.78, 5) is 4.74. The molecule has 140 valence electrons. The van der Waals surface area contributed by atoms with E-state index in [1.54, 1.807) is 19.2 Å². The Labute approximate surface area is 154 Å². The third kappa shape index (κ3) is 5.27. The van der Waals surface area contributed by atoms with Crippen molar-refractivity contribution >= 4 is 0 Å². The Morgan fingerprint density at radius 1 is 0.962 bits per heavy atom. The molecule has 1 atom stereocenters. The monoisotopic (exact) mass is 358 g/mol. The fourth-order valence-corrected chi connectivity index (χ4v) is 3.39. The van der Waals surface area contributed by atoms with E-state index in [1.807, 2.05) is 12.1 Å². The van der Waals surface area contributed by atoms with E-state index in [0.717, 1.165) is 50.5 Å². The molecule has 26 heavy (non-hydrogen) atoms. The zero-order valence-electron chi connectivity index (χ0n) is 15.3. The van der Waals surface area contributed by atoms with Gasteiger partial charge in [0.15, 0.2) is 0 Å². The maximum Gasteiger partial charge on any atom is 0.123 e. The van der Waals surface area contributed by atoms with Gasteiger partial charge in [-0.2, -0.15) is 0 Å². The summed E-state index contributed by atoms with van der Waals surface area (Å²) in [5, 5.41) is 10.4. The highest BCUT2D eigenvalue weighted by Crippen LogP contribution is 2.17. The number of β-amino-alcohol motifs (C(OH)–C–C–N with tert-alkyl or cyclic N) is 1. The topological polar surface area (TPSA) is 35.9 Å².